The molecule has 0 aromatic rings. The van der Waals surface area contributed by atoms with Gasteiger partial charge in [-0.3, -0.25) is 0 Å². The fourth-order valence-corrected chi connectivity index (χ4v) is 0.222. The topological polar surface area (TPSA) is 0 Å². The van der Waals surface area contributed by atoms with Gasteiger partial charge in [-0.25, -0.2) is 0 Å². The van der Waals surface area contributed by atoms with Crippen LogP contribution in [0.2, 0.25) is 0 Å². The molecule has 0 aliphatic heterocycles. The Kier molecular flexibility index (Phi) is 13.4. The Bertz CT molecular complexity index is 137. The van der Waals surface area contributed by atoms with Crippen LogP contribution in [0.5, 0.6) is 0 Å². The summed E-state index contributed by atoms with van der Waals surface area (Å²) in [6, 6.07) is 0. The van der Waals surface area contributed by atoms with Crippen molar-refractivity contribution >= 4 is 0 Å². The van der Waals surface area contributed by atoms with Crippen molar-refractivity contribution < 1.29 is 0 Å². The van der Waals surface area contributed by atoms with Crippen LogP contribution in [0.1, 0.15) is 20.8 Å². The van der Waals surface area contributed by atoms with E-state index in [1.165, 1.54) is 0 Å². The summed E-state index contributed by atoms with van der Waals surface area (Å²) in [6.45, 7) is 12.9. The van der Waals surface area contributed by atoms with Crippen LogP contribution in [0.15, 0.2) is 49.1 Å². The minimum absolute atomic E-state index is 1.02. The van der Waals surface area contributed by atoms with Gasteiger partial charge in [0.05, 0.1) is 0 Å². The molecule has 0 aliphatic rings. The fourth-order valence-electron chi connectivity index (χ4n) is 0.222. The monoisotopic (exact) mass is 150 g/mol. The Morgan fingerprint density at radius 3 is 1.45 bits per heavy atom. The molecular formula is C11H18. The van der Waals surface area contributed by atoms with Gasteiger partial charge in [-0.2, -0.15) is 0 Å². The predicted molar refractivity (Wildman–Crippen MR) is 54.6 cm³/mol. The molecular weight excluding hydrogens is 132 g/mol. The predicted octanol–water partition coefficient (Wildman–Crippen LogP) is 3.89. The van der Waals surface area contributed by atoms with Gasteiger partial charge in [0.25, 0.3) is 0 Å². The SMILES string of the molecule is C/C=C/C=C/C.C=CC(=C)C. The Labute approximate surface area is 70.6 Å². The summed E-state index contributed by atoms with van der Waals surface area (Å²) in [6.07, 6.45) is 9.72. The van der Waals surface area contributed by atoms with E-state index in [-0.39, 0.29) is 0 Å². The highest BCUT2D eigenvalue weighted by Crippen LogP contribution is 1.81. The maximum Gasteiger partial charge on any atom is -0.0404 e. The van der Waals surface area contributed by atoms with Gasteiger partial charge < -0.3 is 0 Å². The van der Waals surface area contributed by atoms with Gasteiger partial charge in [0.1, 0.15) is 0 Å². The van der Waals surface area contributed by atoms with Crippen LogP contribution in [0, 0.1) is 0 Å². The third-order valence-electron chi connectivity index (χ3n) is 0.844. The molecule has 0 fully saturated rings. The van der Waals surface area contributed by atoms with Gasteiger partial charge in [-0.05, 0) is 20.8 Å². The van der Waals surface area contributed by atoms with Crippen molar-refractivity contribution in [1.82, 2.24) is 0 Å². The fraction of sp³-hybridized carbons (Fsp3) is 0.273. The summed E-state index contributed by atoms with van der Waals surface area (Å²) < 4.78 is 0. The summed E-state index contributed by atoms with van der Waals surface area (Å²) in [5, 5.41) is 0. The average molecular weight is 150 g/mol. The molecule has 0 saturated heterocycles. The molecule has 0 unspecified atom stereocenters. The molecule has 0 N–H and O–H groups in total. The molecule has 0 amide bonds. The maximum absolute atomic E-state index is 3.56. The zero-order chi connectivity index (χ0) is 9.11. The Morgan fingerprint density at radius 1 is 1.09 bits per heavy atom. The first-order chi connectivity index (χ1) is 5.18. The quantitative estimate of drug-likeness (QED) is 0.524. The molecule has 62 valence electrons. The van der Waals surface area contributed by atoms with Gasteiger partial charge >= 0.3 is 0 Å². The first-order valence-corrected chi connectivity index (χ1v) is 3.71. The first-order valence-electron chi connectivity index (χ1n) is 3.71. The van der Waals surface area contributed by atoms with Gasteiger partial charge in [0, 0.05) is 0 Å². The molecule has 0 aromatic carbocycles. The van der Waals surface area contributed by atoms with Crippen LogP contribution in [-0.2, 0) is 0 Å². The number of hydrogen-bond acceptors (Lipinski definition) is 0. The molecule has 0 radical (unpaired) electrons. The molecule has 11 heavy (non-hydrogen) atoms. The lowest BCUT2D eigenvalue weighted by atomic mass is 10.4. The second-order valence-electron chi connectivity index (χ2n) is 2.10. The lowest BCUT2D eigenvalue weighted by molar-refractivity contribution is 1.58. The normalized spacial score (nSPS) is 9.36. The van der Waals surface area contributed by atoms with Crippen LogP contribution in [-0.4, -0.2) is 0 Å². The Hall–Kier alpha value is -1.04. The van der Waals surface area contributed by atoms with Gasteiger partial charge in [-0.15, -0.1) is 0 Å². The average Bonchev–Trinajstić information content (AvgIpc) is 2.02. The smallest absolute Gasteiger partial charge is 0.0404 e. The van der Waals surface area contributed by atoms with E-state index in [2.05, 4.69) is 13.2 Å². The largest absolute Gasteiger partial charge is 0.0988 e. The molecule has 0 rings (SSSR count). The molecule has 0 aliphatic carbocycles. The van der Waals surface area contributed by atoms with Crippen molar-refractivity contribution in [3.05, 3.63) is 49.1 Å². The van der Waals surface area contributed by atoms with Gasteiger partial charge in [-0.1, -0.05) is 49.1 Å². The van der Waals surface area contributed by atoms with E-state index in [0.717, 1.165) is 5.57 Å². The zero-order valence-corrected chi connectivity index (χ0v) is 7.80. The molecule has 0 saturated carbocycles. The minimum atomic E-state index is 1.02. The van der Waals surface area contributed by atoms with Crippen molar-refractivity contribution in [3.8, 4) is 0 Å². The van der Waals surface area contributed by atoms with E-state index in [9.17, 15) is 0 Å². The standard InChI is InChI=1S/C6H10.C5H8/c1-3-5-6-4-2;1-4-5(2)3/h3-6H,1-2H3;4H,1-2H2,3H3/b5-3+,6-4+;. The molecule has 0 heteroatoms. The second-order valence-corrected chi connectivity index (χ2v) is 2.10. The lowest BCUT2D eigenvalue weighted by Crippen LogP contribution is -1.50. The Balaban J connectivity index is 0. The van der Waals surface area contributed by atoms with Crippen molar-refractivity contribution in [2.45, 2.75) is 20.8 Å². The van der Waals surface area contributed by atoms with Crippen LogP contribution < -0.4 is 0 Å². The van der Waals surface area contributed by atoms with E-state index in [1.807, 2.05) is 45.1 Å². The summed E-state index contributed by atoms with van der Waals surface area (Å²) in [5.74, 6) is 0. The number of rotatable bonds is 2. The third-order valence-corrected chi connectivity index (χ3v) is 0.844. The number of hydrogen-bond donors (Lipinski definition) is 0. The van der Waals surface area contributed by atoms with Gasteiger partial charge in [0.2, 0.25) is 0 Å². The van der Waals surface area contributed by atoms with E-state index in [4.69, 9.17) is 0 Å². The van der Waals surface area contributed by atoms with E-state index in [1.54, 1.807) is 6.08 Å². The van der Waals surface area contributed by atoms with E-state index in [0.29, 0.717) is 0 Å². The number of allylic oxidation sites excluding steroid dienone is 6. The van der Waals surface area contributed by atoms with Crippen LogP contribution in [0.25, 0.3) is 0 Å². The Morgan fingerprint density at radius 2 is 1.36 bits per heavy atom. The molecule has 0 bridgehead atoms. The van der Waals surface area contributed by atoms with Crippen molar-refractivity contribution in [1.29, 1.82) is 0 Å². The second kappa shape index (κ2) is 11.7. The third kappa shape index (κ3) is 27.7. The molecule has 0 heterocycles. The highest BCUT2D eigenvalue weighted by molar-refractivity contribution is 5.05. The summed E-state index contributed by atoms with van der Waals surface area (Å²) in [4.78, 5) is 0. The van der Waals surface area contributed by atoms with E-state index < -0.39 is 0 Å². The van der Waals surface area contributed by atoms with Crippen molar-refractivity contribution in [3.63, 3.8) is 0 Å². The first kappa shape index (κ1) is 12.6. The van der Waals surface area contributed by atoms with Crippen LogP contribution in [0.4, 0.5) is 0 Å². The van der Waals surface area contributed by atoms with Gasteiger partial charge in [0.15, 0.2) is 0 Å². The zero-order valence-electron chi connectivity index (χ0n) is 7.80. The highest BCUT2D eigenvalue weighted by Gasteiger charge is 1.59. The van der Waals surface area contributed by atoms with Crippen LogP contribution >= 0.6 is 0 Å². The molecule has 0 aromatic heterocycles. The minimum Gasteiger partial charge on any atom is -0.0988 e. The van der Waals surface area contributed by atoms with Crippen molar-refractivity contribution in [2.24, 2.45) is 0 Å². The molecule has 0 spiro atoms. The van der Waals surface area contributed by atoms with Crippen molar-refractivity contribution in [2.75, 3.05) is 0 Å². The maximum atomic E-state index is 3.56. The highest BCUT2D eigenvalue weighted by atomic mass is 13.7. The van der Waals surface area contributed by atoms with Crippen LogP contribution in [0.3, 0.4) is 0 Å². The summed E-state index contributed by atoms with van der Waals surface area (Å²) >= 11 is 0. The molecule has 0 nitrogen and oxygen atoms in total. The lowest BCUT2D eigenvalue weighted by Gasteiger charge is -1.71. The van der Waals surface area contributed by atoms with E-state index >= 15 is 0 Å². The summed E-state index contributed by atoms with van der Waals surface area (Å²) in [7, 11) is 0. The molecule has 0 atom stereocenters. The summed E-state index contributed by atoms with van der Waals surface area (Å²) in [5.41, 5.74) is 1.02.